The van der Waals surface area contributed by atoms with E-state index in [1.54, 1.807) is 0 Å². The highest BCUT2D eigenvalue weighted by Gasteiger charge is 2.03. The molecule has 214 valence electrons. The van der Waals surface area contributed by atoms with Crippen molar-refractivity contribution < 1.29 is 9.47 Å². The van der Waals surface area contributed by atoms with E-state index in [0.29, 0.717) is 0 Å². The molecule has 0 aromatic rings. The molecular formula is C32H63NO2S. The van der Waals surface area contributed by atoms with Gasteiger partial charge in [0.25, 0.3) is 0 Å². The minimum absolute atomic E-state index is 0.861. The Bertz CT molecular complexity index is 446. The Morgan fingerprint density at radius 1 is 0.500 bits per heavy atom. The molecule has 1 rings (SSSR count). The second kappa shape index (κ2) is 29.4. The van der Waals surface area contributed by atoms with Crippen LogP contribution in [0.2, 0.25) is 0 Å². The second-order valence-electron chi connectivity index (χ2n) is 10.9. The fraction of sp³-hybridized carbons (Fsp3) is 0.938. The van der Waals surface area contributed by atoms with Gasteiger partial charge in [0.1, 0.15) is 0 Å². The summed E-state index contributed by atoms with van der Waals surface area (Å²) in [6.07, 6.45) is 34.0. The van der Waals surface area contributed by atoms with Gasteiger partial charge in [-0.2, -0.15) is 0 Å². The fourth-order valence-corrected chi connectivity index (χ4v) is 5.65. The molecule has 0 saturated heterocycles. The van der Waals surface area contributed by atoms with Gasteiger partial charge in [0, 0.05) is 39.2 Å². The SMILES string of the molecule is CCCCCCCCCCCCCCCCCCOCCCOCCCCCCCCN1C=CSC1. The summed E-state index contributed by atoms with van der Waals surface area (Å²) in [5.74, 6) is 1.15. The first-order valence-corrected chi connectivity index (χ1v) is 17.2. The molecule has 0 saturated carbocycles. The molecule has 0 unspecified atom stereocenters. The highest BCUT2D eigenvalue weighted by molar-refractivity contribution is 8.02. The van der Waals surface area contributed by atoms with Crippen LogP contribution in [0.25, 0.3) is 0 Å². The summed E-state index contributed by atoms with van der Waals surface area (Å²) in [6.45, 7) is 7.12. The maximum Gasteiger partial charge on any atom is 0.0675 e. The first-order chi connectivity index (χ1) is 17.9. The summed E-state index contributed by atoms with van der Waals surface area (Å²) >= 11 is 1.90. The average molecular weight is 526 g/mol. The highest BCUT2D eigenvalue weighted by Crippen LogP contribution is 2.16. The molecule has 1 heterocycles. The van der Waals surface area contributed by atoms with E-state index in [-0.39, 0.29) is 0 Å². The number of hydrogen-bond donors (Lipinski definition) is 0. The Balaban J connectivity index is 1.60. The number of nitrogens with zero attached hydrogens (tertiary/aromatic N) is 1. The van der Waals surface area contributed by atoms with Gasteiger partial charge in [-0.15, -0.1) is 11.8 Å². The Morgan fingerprint density at radius 3 is 1.31 bits per heavy atom. The highest BCUT2D eigenvalue weighted by atomic mass is 32.2. The molecule has 0 aromatic heterocycles. The molecule has 1 aliphatic rings. The van der Waals surface area contributed by atoms with Crippen LogP contribution in [0.5, 0.6) is 0 Å². The van der Waals surface area contributed by atoms with Crippen molar-refractivity contribution in [3.8, 4) is 0 Å². The number of ether oxygens (including phenoxy) is 2. The monoisotopic (exact) mass is 525 g/mol. The third kappa shape index (κ3) is 25.5. The van der Waals surface area contributed by atoms with Crippen molar-refractivity contribution >= 4 is 11.8 Å². The molecule has 0 spiro atoms. The van der Waals surface area contributed by atoms with Gasteiger partial charge in [0.2, 0.25) is 0 Å². The van der Waals surface area contributed by atoms with E-state index in [1.165, 1.54) is 148 Å². The third-order valence-electron chi connectivity index (χ3n) is 7.31. The van der Waals surface area contributed by atoms with Gasteiger partial charge in [-0.25, -0.2) is 0 Å². The number of unbranched alkanes of at least 4 members (excludes halogenated alkanes) is 20. The van der Waals surface area contributed by atoms with E-state index in [2.05, 4.69) is 23.4 Å². The van der Waals surface area contributed by atoms with Crippen LogP contribution in [0.3, 0.4) is 0 Å². The maximum atomic E-state index is 5.78. The van der Waals surface area contributed by atoms with E-state index in [9.17, 15) is 0 Å². The van der Waals surface area contributed by atoms with Crippen molar-refractivity contribution in [3.63, 3.8) is 0 Å². The third-order valence-corrected chi connectivity index (χ3v) is 8.11. The van der Waals surface area contributed by atoms with Crippen LogP contribution in [0.4, 0.5) is 0 Å². The smallest absolute Gasteiger partial charge is 0.0675 e. The Hall–Kier alpha value is -0.190. The topological polar surface area (TPSA) is 21.7 Å². The van der Waals surface area contributed by atoms with E-state index < -0.39 is 0 Å². The summed E-state index contributed by atoms with van der Waals surface area (Å²) in [5, 5.41) is 2.20. The molecule has 0 fully saturated rings. The zero-order chi connectivity index (χ0) is 25.6. The molecule has 1 aliphatic heterocycles. The van der Waals surface area contributed by atoms with Crippen molar-refractivity contribution in [2.75, 3.05) is 38.8 Å². The lowest BCUT2D eigenvalue weighted by Crippen LogP contribution is -2.14. The largest absolute Gasteiger partial charge is 0.381 e. The van der Waals surface area contributed by atoms with Crippen molar-refractivity contribution in [3.05, 3.63) is 11.6 Å². The molecule has 4 heteroatoms. The van der Waals surface area contributed by atoms with Crippen LogP contribution in [0.1, 0.15) is 155 Å². The van der Waals surface area contributed by atoms with Gasteiger partial charge in [0.15, 0.2) is 0 Å². The van der Waals surface area contributed by atoms with E-state index >= 15 is 0 Å². The van der Waals surface area contributed by atoms with Crippen LogP contribution in [0.15, 0.2) is 11.6 Å². The van der Waals surface area contributed by atoms with Gasteiger partial charge in [-0.1, -0.05) is 129 Å². The summed E-state index contributed by atoms with van der Waals surface area (Å²) < 4.78 is 11.6. The van der Waals surface area contributed by atoms with Gasteiger partial charge in [0.05, 0.1) is 5.88 Å². The van der Waals surface area contributed by atoms with Crippen molar-refractivity contribution in [2.45, 2.75) is 155 Å². The molecule has 3 nitrogen and oxygen atoms in total. The van der Waals surface area contributed by atoms with Crippen LogP contribution < -0.4 is 0 Å². The van der Waals surface area contributed by atoms with Crippen LogP contribution in [-0.4, -0.2) is 43.7 Å². The molecule has 0 amide bonds. The first kappa shape index (κ1) is 33.8. The molecule has 0 aliphatic carbocycles. The average Bonchev–Trinajstić information content (AvgIpc) is 3.41. The zero-order valence-electron chi connectivity index (χ0n) is 24.3. The maximum absolute atomic E-state index is 5.78. The molecule has 0 aromatic carbocycles. The van der Waals surface area contributed by atoms with Gasteiger partial charge >= 0.3 is 0 Å². The zero-order valence-corrected chi connectivity index (χ0v) is 25.1. The molecule has 0 bridgehead atoms. The lowest BCUT2D eigenvalue weighted by Gasteiger charge is -2.13. The van der Waals surface area contributed by atoms with Gasteiger partial charge in [-0.05, 0) is 31.1 Å². The van der Waals surface area contributed by atoms with Crippen molar-refractivity contribution in [1.29, 1.82) is 0 Å². The Kier molecular flexibility index (Phi) is 27.6. The number of thioether (sulfide) groups is 1. The summed E-state index contributed by atoms with van der Waals surface area (Å²) in [6, 6.07) is 0. The second-order valence-corrected chi connectivity index (χ2v) is 11.8. The van der Waals surface area contributed by atoms with E-state index in [1.807, 2.05) is 11.8 Å². The lowest BCUT2D eigenvalue weighted by molar-refractivity contribution is 0.0794. The van der Waals surface area contributed by atoms with Crippen molar-refractivity contribution in [2.24, 2.45) is 0 Å². The lowest BCUT2D eigenvalue weighted by atomic mass is 10.0. The molecular weight excluding hydrogens is 462 g/mol. The van der Waals surface area contributed by atoms with Gasteiger partial charge in [-0.3, -0.25) is 0 Å². The predicted molar refractivity (Wildman–Crippen MR) is 162 cm³/mol. The summed E-state index contributed by atoms with van der Waals surface area (Å²) in [7, 11) is 0. The Labute approximate surface area is 230 Å². The minimum atomic E-state index is 0.861. The van der Waals surface area contributed by atoms with Crippen LogP contribution >= 0.6 is 11.8 Å². The summed E-state index contributed by atoms with van der Waals surface area (Å²) in [5.41, 5.74) is 0. The minimum Gasteiger partial charge on any atom is -0.381 e. The normalized spacial score (nSPS) is 13.3. The summed E-state index contributed by atoms with van der Waals surface area (Å²) in [4.78, 5) is 2.42. The molecule has 0 atom stereocenters. The Morgan fingerprint density at radius 2 is 0.889 bits per heavy atom. The molecule has 36 heavy (non-hydrogen) atoms. The first-order valence-electron chi connectivity index (χ1n) is 16.1. The molecule has 0 N–H and O–H groups in total. The van der Waals surface area contributed by atoms with Crippen LogP contribution in [-0.2, 0) is 9.47 Å². The van der Waals surface area contributed by atoms with Crippen molar-refractivity contribution in [1.82, 2.24) is 4.90 Å². The predicted octanol–water partition coefficient (Wildman–Crippen LogP) is 10.5. The van der Waals surface area contributed by atoms with E-state index in [4.69, 9.17) is 9.47 Å². The fourth-order valence-electron chi connectivity index (χ4n) is 4.90. The number of rotatable bonds is 30. The standard InChI is InChI=1S/C32H63NO2S/c1-2-3-4-5-6-7-8-9-10-11-12-13-14-16-19-22-27-34-29-24-30-35-28-23-20-17-15-18-21-25-33-26-31-36-32-33/h26,31H,2-25,27-30,32H2,1H3. The van der Waals surface area contributed by atoms with Gasteiger partial charge < -0.3 is 14.4 Å². The molecule has 0 radical (unpaired) electrons. The quantitative estimate of drug-likeness (QED) is 0.0869. The van der Waals surface area contributed by atoms with E-state index in [0.717, 1.165) is 38.7 Å². The van der Waals surface area contributed by atoms with Crippen LogP contribution in [0, 0.1) is 0 Å². The number of hydrogen-bond acceptors (Lipinski definition) is 4.